The second-order valence-corrected chi connectivity index (χ2v) is 12.6. The van der Waals surface area contributed by atoms with Crippen molar-refractivity contribution in [1.29, 1.82) is 0 Å². The van der Waals surface area contributed by atoms with Crippen molar-refractivity contribution < 1.29 is 18.8 Å². The molecule has 0 spiro atoms. The van der Waals surface area contributed by atoms with E-state index in [0.29, 0.717) is 19.7 Å². The molecule has 0 bridgehead atoms. The number of terminal acetylenes is 1. The number of carbonyl (C=O) groups excluding carboxylic acids is 1. The van der Waals surface area contributed by atoms with E-state index in [9.17, 15) is 4.79 Å². The van der Waals surface area contributed by atoms with Crippen LogP contribution in [0.15, 0.2) is 60.7 Å². The van der Waals surface area contributed by atoms with Gasteiger partial charge in [0, 0.05) is 44.2 Å². The highest BCUT2D eigenvalue weighted by atomic mass is 16.7. The Bertz CT molecular complexity index is 1490. The lowest BCUT2D eigenvalue weighted by Crippen LogP contribution is -2.48. The zero-order valence-corrected chi connectivity index (χ0v) is 25.3. The van der Waals surface area contributed by atoms with Gasteiger partial charge in [0.25, 0.3) is 0 Å². The molecule has 0 radical (unpaired) electrons. The number of carbonyl (C=O) groups is 1. The van der Waals surface area contributed by atoms with Crippen molar-refractivity contribution in [2.45, 2.75) is 58.3 Å². The third-order valence-electron chi connectivity index (χ3n) is 9.59. The molecule has 3 aromatic carbocycles. The molecule has 216 valence electrons. The van der Waals surface area contributed by atoms with Crippen LogP contribution in [-0.2, 0) is 20.6 Å². The number of hydrogen-bond donors (Lipinski definition) is 0. The topological polar surface area (TPSA) is 51.2 Å². The van der Waals surface area contributed by atoms with E-state index in [4.69, 9.17) is 20.5 Å². The van der Waals surface area contributed by atoms with Crippen molar-refractivity contribution in [3.05, 3.63) is 88.5 Å². The Labute approximate surface area is 250 Å². The monoisotopic (exact) mass is 562 g/mol. The van der Waals surface area contributed by atoms with Gasteiger partial charge in [0.15, 0.2) is 0 Å². The number of ether oxygens (including phenoxy) is 1. The van der Waals surface area contributed by atoms with E-state index in [-0.39, 0.29) is 12.0 Å². The molecule has 0 N–H and O–H groups in total. The Morgan fingerprint density at radius 3 is 2.10 bits per heavy atom. The lowest BCUT2D eigenvalue weighted by Gasteiger charge is -2.34. The maximum absolute atomic E-state index is 13.1. The lowest BCUT2D eigenvalue weighted by molar-refractivity contribution is 0.00578. The number of amides is 1. The van der Waals surface area contributed by atoms with Crippen molar-refractivity contribution >= 4 is 18.7 Å². The van der Waals surface area contributed by atoms with Gasteiger partial charge in [-0.15, -0.1) is 6.42 Å². The van der Waals surface area contributed by atoms with Gasteiger partial charge < -0.3 is 18.9 Å². The molecule has 1 amide bonds. The van der Waals surface area contributed by atoms with Crippen LogP contribution in [0.5, 0.6) is 0 Å². The molecule has 6 nitrogen and oxygen atoms in total. The summed E-state index contributed by atoms with van der Waals surface area (Å²) in [5, 5.41) is 0. The average Bonchev–Trinajstić information content (AvgIpc) is 3.41. The van der Waals surface area contributed by atoms with Crippen LogP contribution in [-0.4, -0.2) is 67.0 Å². The molecule has 0 aromatic heterocycles. The number of rotatable bonds is 5. The van der Waals surface area contributed by atoms with Crippen molar-refractivity contribution in [3.8, 4) is 23.5 Å². The molecular weight excluding hydrogens is 523 g/mol. The summed E-state index contributed by atoms with van der Waals surface area (Å²) in [5.74, 6) is 2.87. The summed E-state index contributed by atoms with van der Waals surface area (Å²) < 4.78 is 18.6. The van der Waals surface area contributed by atoms with Crippen LogP contribution in [0.2, 0.25) is 0 Å². The Kier molecular flexibility index (Phi) is 7.43. The SMILES string of the molecule is C#Cc1cc(CN2CCN(C(=O)OCC3c4ccccc4-c4ccccc43)CC2)c(C)c(B2OC(C)(C)C(C)(C)O2)c1. The quantitative estimate of drug-likeness (QED) is 0.311. The molecule has 2 fully saturated rings. The Hall–Kier alpha value is -3.57. The van der Waals surface area contributed by atoms with Gasteiger partial charge in [0.2, 0.25) is 0 Å². The van der Waals surface area contributed by atoms with E-state index in [0.717, 1.165) is 41.8 Å². The molecule has 1 aliphatic carbocycles. The number of fused-ring (bicyclic) bond motifs is 3. The summed E-state index contributed by atoms with van der Waals surface area (Å²) in [6, 6.07) is 20.9. The normalized spacial score (nSPS) is 19.3. The maximum atomic E-state index is 13.1. The first-order valence-corrected chi connectivity index (χ1v) is 14.9. The second-order valence-electron chi connectivity index (χ2n) is 12.6. The summed E-state index contributed by atoms with van der Waals surface area (Å²) in [7, 11) is -0.465. The molecule has 7 heteroatoms. The molecule has 6 rings (SSSR count). The Balaban J connectivity index is 1.08. The molecule has 2 saturated heterocycles. The maximum Gasteiger partial charge on any atom is 0.495 e. The van der Waals surface area contributed by atoms with E-state index in [1.165, 1.54) is 22.3 Å². The van der Waals surface area contributed by atoms with Gasteiger partial charge in [0.05, 0.1) is 11.2 Å². The van der Waals surface area contributed by atoms with E-state index in [2.05, 4.69) is 100 Å². The fraction of sp³-hybridized carbons (Fsp3) is 0.400. The third-order valence-corrected chi connectivity index (χ3v) is 9.59. The standard InChI is InChI=1S/C35H39BN2O4/c1-7-25-20-26(24(2)32(21-25)36-41-34(3,4)35(5,6)42-36)22-37-16-18-38(19-17-37)33(39)40-23-31-29-14-10-8-12-27(29)28-13-9-11-15-30(28)31/h1,8-15,20-21,31H,16-19,22-23H2,2-6H3. The molecule has 0 saturated carbocycles. The number of benzene rings is 3. The van der Waals surface area contributed by atoms with Crippen LogP contribution < -0.4 is 5.46 Å². The molecule has 3 aromatic rings. The molecule has 2 heterocycles. The first-order valence-electron chi connectivity index (χ1n) is 14.9. The molecule has 42 heavy (non-hydrogen) atoms. The summed E-state index contributed by atoms with van der Waals surface area (Å²) >= 11 is 0. The minimum Gasteiger partial charge on any atom is -0.448 e. The highest BCUT2D eigenvalue weighted by Crippen LogP contribution is 2.44. The predicted octanol–water partition coefficient (Wildman–Crippen LogP) is 5.34. The summed E-state index contributed by atoms with van der Waals surface area (Å²) in [5.41, 5.74) is 8.14. The smallest absolute Gasteiger partial charge is 0.448 e. The van der Waals surface area contributed by atoms with Gasteiger partial charge in [-0.25, -0.2) is 4.79 Å². The fourth-order valence-corrected chi connectivity index (χ4v) is 6.28. The summed E-state index contributed by atoms with van der Waals surface area (Å²) in [6.45, 7) is 14.2. The van der Waals surface area contributed by atoms with Crippen LogP contribution in [0.25, 0.3) is 11.1 Å². The van der Waals surface area contributed by atoms with Gasteiger partial charge in [-0.05, 0) is 85.6 Å². The molecular formula is C35H39BN2O4. The zero-order valence-electron chi connectivity index (χ0n) is 25.3. The van der Waals surface area contributed by atoms with Crippen molar-refractivity contribution in [1.82, 2.24) is 9.80 Å². The van der Waals surface area contributed by atoms with Crippen LogP contribution in [0.3, 0.4) is 0 Å². The average molecular weight is 563 g/mol. The molecule has 2 aliphatic heterocycles. The minimum absolute atomic E-state index is 0.0622. The van der Waals surface area contributed by atoms with Crippen LogP contribution in [0, 0.1) is 19.3 Å². The van der Waals surface area contributed by atoms with Crippen LogP contribution in [0.4, 0.5) is 4.79 Å². The predicted molar refractivity (Wildman–Crippen MR) is 167 cm³/mol. The first-order chi connectivity index (χ1) is 20.1. The van der Waals surface area contributed by atoms with E-state index in [1.807, 2.05) is 11.0 Å². The second kappa shape index (κ2) is 10.9. The van der Waals surface area contributed by atoms with Crippen molar-refractivity contribution in [2.24, 2.45) is 0 Å². The Morgan fingerprint density at radius 2 is 1.52 bits per heavy atom. The number of nitrogens with zero attached hydrogens (tertiary/aromatic N) is 2. The highest BCUT2D eigenvalue weighted by Gasteiger charge is 2.52. The van der Waals surface area contributed by atoms with Gasteiger partial charge in [-0.2, -0.15) is 0 Å². The van der Waals surface area contributed by atoms with Crippen molar-refractivity contribution in [2.75, 3.05) is 32.8 Å². The first kappa shape index (κ1) is 28.5. The van der Waals surface area contributed by atoms with E-state index in [1.54, 1.807) is 0 Å². The zero-order chi connectivity index (χ0) is 29.6. The third kappa shape index (κ3) is 5.13. The van der Waals surface area contributed by atoms with Gasteiger partial charge >= 0.3 is 13.2 Å². The van der Waals surface area contributed by atoms with Gasteiger partial charge in [-0.1, -0.05) is 54.5 Å². The lowest BCUT2D eigenvalue weighted by atomic mass is 9.74. The van der Waals surface area contributed by atoms with Crippen LogP contribution >= 0.6 is 0 Å². The van der Waals surface area contributed by atoms with E-state index < -0.39 is 18.3 Å². The van der Waals surface area contributed by atoms with Gasteiger partial charge in [0.1, 0.15) is 6.61 Å². The highest BCUT2D eigenvalue weighted by molar-refractivity contribution is 6.62. The fourth-order valence-electron chi connectivity index (χ4n) is 6.28. The number of piperazine rings is 1. The number of hydrogen-bond acceptors (Lipinski definition) is 5. The largest absolute Gasteiger partial charge is 0.495 e. The van der Waals surface area contributed by atoms with Gasteiger partial charge in [-0.3, -0.25) is 4.90 Å². The molecule has 3 aliphatic rings. The minimum atomic E-state index is -0.465. The molecule has 0 unspecified atom stereocenters. The molecule has 0 atom stereocenters. The summed E-state index contributed by atoms with van der Waals surface area (Å²) in [6.07, 6.45) is 5.61. The van der Waals surface area contributed by atoms with Crippen LogP contribution in [0.1, 0.15) is 61.4 Å². The van der Waals surface area contributed by atoms with Crippen molar-refractivity contribution in [3.63, 3.8) is 0 Å². The summed E-state index contributed by atoms with van der Waals surface area (Å²) in [4.78, 5) is 17.3. The van der Waals surface area contributed by atoms with E-state index >= 15 is 0 Å². The Morgan fingerprint density at radius 1 is 0.952 bits per heavy atom.